The molecule has 0 aromatic heterocycles. The van der Waals surface area contributed by atoms with E-state index in [9.17, 15) is 0 Å². The van der Waals surface area contributed by atoms with Crippen molar-refractivity contribution in [3.63, 3.8) is 0 Å². The van der Waals surface area contributed by atoms with Crippen LogP contribution in [0.2, 0.25) is 0 Å². The van der Waals surface area contributed by atoms with Crippen molar-refractivity contribution in [2.45, 2.75) is 24.2 Å². The lowest BCUT2D eigenvalue weighted by Gasteiger charge is -2.37. The molecule has 1 heterocycles. The second-order valence-electron chi connectivity index (χ2n) is 5.74. The van der Waals surface area contributed by atoms with Gasteiger partial charge >= 0.3 is 0 Å². The Morgan fingerprint density at radius 1 is 1.33 bits per heavy atom. The van der Waals surface area contributed by atoms with Crippen molar-refractivity contribution < 1.29 is 9.47 Å². The second kappa shape index (κ2) is 9.46. The van der Waals surface area contributed by atoms with Crippen molar-refractivity contribution >= 4 is 11.8 Å². The number of thioether (sulfide) groups is 1. The van der Waals surface area contributed by atoms with Gasteiger partial charge in [0.1, 0.15) is 0 Å². The first-order valence-corrected chi connectivity index (χ1v) is 8.78. The quantitative estimate of drug-likeness (QED) is 0.560. The zero-order valence-corrected chi connectivity index (χ0v) is 13.8. The van der Waals surface area contributed by atoms with Gasteiger partial charge in [-0.25, -0.2) is 0 Å². The summed E-state index contributed by atoms with van der Waals surface area (Å²) in [5.41, 5.74) is 0.299. The number of nitrogens with one attached hydrogen (secondary N) is 1. The van der Waals surface area contributed by atoms with Gasteiger partial charge in [-0.1, -0.05) is 18.2 Å². The molecule has 0 bridgehead atoms. The molecule has 0 spiro atoms. The van der Waals surface area contributed by atoms with E-state index in [1.807, 2.05) is 11.8 Å². The van der Waals surface area contributed by atoms with Crippen molar-refractivity contribution in [1.29, 1.82) is 0 Å². The molecule has 1 saturated heterocycles. The van der Waals surface area contributed by atoms with Gasteiger partial charge in [0.15, 0.2) is 0 Å². The van der Waals surface area contributed by atoms with Gasteiger partial charge in [0.25, 0.3) is 0 Å². The minimum Gasteiger partial charge on any atom is -0.383 e. The number of hydrogen-bond acceptors (Lipinski definition) is 4. The molecule has 1 unspecified atom stereocenters. The third-order valence-corrected chi connectivity index (χ3v) is 5.05. The fourth-order valence-electron chi connectivity index (χ4n) is 2.76. The molecular formula is C17H27NO2S. The molecule has 118 valence electrons. The first kappa shape index (κ1) is 16.8. The Kier molecular flexibility index (Phi) is 7.58. The van der Waals surface area contributed by atoms with Crippen molar-refractivity contribution in [2.24, 2.45) is 5.41 Å². The zero-order chi connectivity index (χ0) is 14.8. The largest absolute Gasteiger partial charge is 0.383 e. The summed E-state index contributed by atoms with van der Waals surface area (Å²) < 4.78 is 10.9. The fourth-order valence-corrected chi connectivity index (χ4v) is 3.89. The summed E-state index contributed by atoms with van der Waals surface area (Å²) in [4.78, 5) is 1.36. The van der Waals surface area contributed by atoms with Crippen LogP contribution in [0.3, 0.4) is 0 Å². The molecule has 0 aliphatic carbocycles. The molecule has 1 aromatic carbocycles. The maximum Gasteiger partial charge on any atom is 0.0587 e. The lowest BCUT2D eigenvalue weighted by atomic mass is 9.80. The molecule has 1 N–H and O–H groups in total. The Labute approximate surface area is 132 Å². The number of benzene rings is 1. The summed E-state index contributed by atoms with van der Waals surface area (Å²) >= 11 is 1.95. The predicted octanol–water partition coefficient (Wildman–Crippen LogP) is 3.20. The summed E-state index contributed by atoms with van der Waals surface area (Å²) in [6.07, 6.45) is 3.65. The van der Waals surface area contributed by atoms with E-state index in [1.54, 1.807) is 7.11 Å². The van der Waals surface area contributed by atoms with Crippen LogP contribution in [-0.4, -0.2) is 45.8 Å². The molecule has 1 aliphatic heterocycles. The van der Waals surface area contributed by atoms with Crippen LogP contribution in [-0.2, 0) is 9.47 Å². The van der Waals surface area contributed by atoms with E-state index in [1.165, 1.54) is 24.2 Å². The second-order valence-corrected chi connectivity index (χ2v) is 6.91. The molecular weight excluding hydrogens is 282 g/mol. The summed E-state index contributed by atoms with van der Waals surface area (Å²) in [5, 5.41) is 3.53. The minimum atomic E-state index is 0.299. The van der Waals surface area contributed by atoms with E-state index in [2.05, 4.69) is 35.6 Å². The fraction of sp³-hybridized carbons (Fsp3) is 0.647. The molecule has 1 fully saturated rings. The predicted molar refractivity (Wildman–Crippen MR) is 89.0 cm³/mol. The number of methoxy groups -OCH3 is 1. The Morgan fingerprint density at radius 3 is 2.90 bits per heavy atom. The van der Waals surface area contributed by atoms with Crippen LogP contribution in [0.4, 0.5) is 0 Å². The first-order valence-electron chi connectivity index (χ1n) is 7.80. The monoisotopic (exact) mass is 309 g/mol. The molecule has 3 nitrogen and oxygen atoms in total. The van der Waals surface area contributed by atoms with E-state index < -0.39 is 0 Å². The Balaban J connectivity index is 1.78. The molecule has 0 amide bonds. The van der Waals surface area contributed by atoms with Gasteiger partial charge in [-0.15, -0.1) is 11.8 Å². The van der Waals surface area contributed by atoms with Crippen LogP contribution in [0.15, 0.2) is 35.2 Å². The van der Waals surface area contributed by atoms with Crippen molar-refractivity contribution in [1.82, 2.24) is 5.32 Å². The van der Waals surface area contributed by atoms with Gasteiger partial charge in [-0.3, -0.25) is 0 Å². The van der Waals surface area contributed by atoms with Crippen molar-refractivity contribution in [3.8, 4) is 0 Å². The van der Waals surface area contributed by atoms with E-state index >= 15 is 0 Å². The molecule has 2 rings (SSSR count). The lowest BCUT2D eigenvalue weighted by Crippen LogP contribution is -2.42. The average Bonchev–Trinajstić information content (AvgIpc) is 2.54. The van der Waals surface area contributed by atoms with E-state index in [0.29, 0.717) is 5.41 Å². The summed E-state index contributed by atoms with van der Waals surface area (Å²) in [6.45, 7) is 4.54. The highest BCUT2D eigenvalue weighted by Gasteiger charge is 2.32. The molecule has 1 aromatic rings. The zero-order valence-electron chi connectivity index (χ0n) is 13.0. The third-order valence-electron chi connectivity index (χ3n) is 4.03. The van der Waals surface area contributed by atoms with E-state index in [4.69, 9.17) is 9.47 Å². The molecule has 1 aliphatic rings. The summed E-state index contributed by atoms with van der Waals surface area (Å²) in [5.74, 6) is 1.15. The van der Waals surface area contributed by atoms with Crippen LogP contribution in [0.25, 0.3) is 0 Å². The highest BCUT2D eigenvalue weighted by molar-refractivity contribution is 7.99. The maximum atomic E-state index is 5.76. The summed E-state index contributed by atoms with van der Waals surface area (Å²) in [6, 6.07) is 10.7. The Morgan fingerprint density at radius 2 is 2.19 bits per heavy atom. The van der Waals surface area contributed by atoms with Gasteiger partial charge in [-0.05, 0) is 37.1 Å². The minimum absolute atomic E-state index is 0.299. The Bertz CT molecular complexity index is 380. The van der Waals surface area contributed by atoms with Crippen LogP contribution < -0.4 is 5.32 Å². The van der Waals surface area contributed by atoms with Crippen LogP contribution in [0.1, 0.15) is 19.3 Å². The standard InChI is InChI=1S/C17H27NO2S/c1-19-12-10-18-14-17(8-5-11-20-15-17)9-13-21-16-6-3-2-4-7-16/h2-4,6-7,18H,5,8-15H2,1H3. The third kappa shape index (κ3) is 5.99. The van der Waals surface area contributed by atoms with Crippen LogP contribution in [0, 0.1) is 5.41 Å². The molecule has 0 radical (unpaired) electrons. The Hall–Kier alpha value is -0.550. The van der Waals surface area contributed by atoms with Crippen LogP contribution >= 0.6 is 11.8 Å². The van der Waals surface area contributed by atoms with E-state index in [0.717, 1.165) is 38.7 Å². The molecule has 1 atom stereocenters. The highest BCUT2D eigenvalue weighted by Crippen LogP contribution is 2.34. The maximum absolute atomic E-state index is 5.76. The van der Waals surface area contributed by atoms with Gasteiger partial charge in [-0.2, -0.15) is 0 Å². The van der Waals surface area contributed by atoms with Gasteiger partial charge in [0.2, 0.25) is 0 Å². The van der Waals surface area contributed by atoms with Gasteiger partial charge < -0.3 is 14.8 Å². The highest BCUT2D eigenvalue weighted by atomic mass is 32.2. The normalized spacial score (nSPS) is 22.3. The smallest absolute Gasteiger partial charge is 0.0587 e. The number of hydrogen-bond donors (Lipinski definition) is 1. The van der Waals surface area contributed by atoms with E-state index in [-0.39, 0.29) is 0 Å². The number of rotatable bonds is 9. The van der Waals surface area contributed by atoms with Crippen molar-refractivity contribution in [3.05, 3.63) is 30.3 Å². The molecule has 0 saturated carbocycles. The molecule has 21 heavy (non-hydrogen) atoms. The van der Waals surface area contributed by atoms with Crippen molar-refractivity contribution in [2.75, 3.05) is 45.8 Å². The summed E-state index contributed by atoms with van der Waals surface area (Å²) in [7, 11) is 1.75. The first-order chi connectivity index (χ1) is 10.3. The van der Waals surface area contributed by atoms with Gasteiger partial charge in [0.05, 0.1) is 13.2 Å². The average molecular weight is 309 g/mol. The lowest BCUT2D eigenvalue weighted by molar-refractivity contribution is -0.00927. The molecule has 4 heteroatoms. The topological polar surface area (TPSA) is 30.5 Å². The van der Waals surface area contributed by atoms with Gasteiger partial charge in [0, 0.05) is 37.1 Å². The number of ether oxygens (including phenoxy) is 2. The SMILES string of the molecule is COCCNCC1(CCSc2ccccc2)CCCOC1. The van der Waals surface area contributed by atoms with Crippen LogP contribution in [0.5, 0.6) is 0 Å².